The lowest BCUT2D eigenvalue weighted by atomic mass is 10.0. The molecule has 4 nitrogen and oxygen atoms in total. The molecule has 0 amide bonds. The SMILES string of the molecule is CCN(C)CC(O)CN1CCc2[nH]c3ccc(F)cc3c2C1. The van der Waals surface area contributed by atoms with Crippen LogP contribution in [0.2, 0.25) is 0 Å². The molecule has 1 unspecified atom stereocenters. The lowest BCUT2D eigenvalue weighted by Crippen LogP contribution is -2.41. The number of nitrogens with zero attached hydrogens (tertiary/aromatic N) is 2. The maximum absolute atomic E-state index is 13.5. The van der Waals surface area contributed by atoms with E-state index >= 15 is 0 Å². The number of likely N-dealkylation sites (N-methyl/N-ethyl adjacent to an activating group) is 1. The standard InChI is InChI=1S/C17H24FN3O/c1-3-20(2)9-13(22)10-21-7-6-17-15(11-21)14-8-12(18)4-5-16(14)19-17/h4-5,8,13,19,22H,3,6-7,9-11H2,1-2H3. The minimum atomic E-state index is -0.353. The van der Waals surface area contributed by atoms with E-state index in [9.17, 15) is 9.50 Å². The van der Waals surface area contributed by atoms with Gasteiger partial charge in [0.2, 0.25) is 0 Å². The molecule has 22 heavy (non-hydrogen) atoms. The predicted octanol–water partition coefficient (Wildman–Crippen LogP) is 1.98. The maximum Gasteiger partial charge on any atom is 0.123 e. The van der Waals surface area contributed by atoms with E-state index in [0.29, 0.717) is 13.1 Å². The number of aliphatic hydroxyl groups excluding tert-OH is 1. The van der Waals surface area contributed by atoms with Crippen LogP contribution in [0, 0.1) is 5.82 Å². The monoisotopic (exact) mass is 305 g/mol. The first-order valence-electron chi connectivity index (χ1n) is 7.94. The molecule has 120 valence electrons. The van der Waals surface area contributed by atoms with Crippen molar-refractivity contribution in [2.75, 3.05) is 33.2 Å². The third-order valence-electron chi connectivity index (χ3n) is 4.55. The summed E-state index contributed by atoms with van der Waals surface area (Å²) in [6.07, 6.45) is 0.565. The van der Waals surface area contributed by atoms with Crippen molar-refractivity contribution in [2.24, 2.45) is 0 Å². The fourth-order valence-corrected chi connectivity index (χ4v) is 3.24. The highest BCUT2D eigenvalue weighted by Crippen LogP contribution is 2.28. The Kier molecular flexibility index (Phi) is 4.47. The largest absolute Gasteiger partial charge is 0.390 e. The highest BCUT2D eigenvalue weighted by atomic mass is 19.1. The molecule has 2 N–H and O–H groups in total. The fourth-order valence-electron chi connectivity index (χ4n) is 3.24. The Hall–Kier alpha value is -1.43. The van der Waals surface area contributed by atoms with Crippen LogP contribution in [-0.2, 0) is 13.0 Å². The van der Waals surface area contributed by atoms with Gasteiger partial charge in [-0.2, -0.15) is 0 Å². The van der Waals surface area contributed by atoms with E-state index in [1.807, 2.05) is 7.05 Å². The number of aromatic nitrogens is 1. The molecule has 1 aliphatic heterocycles. The number of nitrogens with one attached hydrogen (secondary N) is 1. The van der Waals surface area contributed by atoms with E-state index in [2.05, 4.69) is 21.7 Å². The fraction of sp³-hybridized carbons (Fsp3) is 0.529. The summed E-state index contributed by atoms with van der Waals surface area (Å²) in [5, 5.41) is 11.2. The molecule has 1 aromatic carbocycles. The van der Waals surface area contributed by atoms with Crippen molar-refractivity contribution in [3.05, 3.63) is 35.3 Å². The Bertz CT molecular complexity index is 655. The van der Waals surface area contributed by atoms with Gasteiger partial charge in [0.1, 0.15) is 5.82 Å². The summed E-state index contributed by atoms with van der Waals surface area (Å²) in [5.74, 6) is -0.198. The molecule has 1 aromatic heterocycles. The third-order valence-corrected chi connectivity index (χ3v) is 4.55. The minimum absolute atomic E-state index is 0.198. The van der Waals surface area contributed by atoms with Crippen molar-refractivity contribution >= 4 is 10.9 Å². The zero-order valence-electron chi connectivity index (χ0n) is 13.3. The summed E-state index contributed by atoms with van der Waals surface area (Å²) in [6.45, 7) is 6.05. The van der Waals surface area contributed by atoms with Crippen molar-refractivity contribution in [3.8, 4) is 0 Å². The van der Waals surface area contributed by atoms with E-state index in [0.717, 1.165) is 37.0 Å². The van der Waals surface area contributed by atoms with E-state index in [1.165, 1.54) is 17.3 Å². The molecule has 2 aromatic rings. The van der Waals surface area contributed by atoms with Crippen LogP contribution < -0.4 is 0 Å². The zero-order chi connectivity index (χ0) is 15.7. The van der Waals surface area contributed by atoms with E-state index in [-0.39, 0.29) is 11.9 Å². The number of β-amino-alcohol motifs (C(OH)–C–C–N with tert-alkyl or cyclic N) is 1. The smallest absolute Gasteiger partial charge is 0.123 e. The number of halogens is 1. The summed E-state index contributed by atoms with van der Waals surface area (Å²) < 4.78 is 13.5. The minimum Gasteiger partial charge on any atom is -0.390 e. The van der Waals surface area contributed by atoms with Gasteiger partial charge < -0.3 is 15.0 Å². The maximum atomic E-state index is 13.5. The average Bonchev–Trinajstić information content (AvgIpc) is 2.84. The van der Waals surface area contributed by atoms with Gasteiger partial charge >= 0.3 is 0 Å². The van der Waals surface area contributed by atoms with Crippen LogP contribution in [0.4, 0.5) is 4.39 Å². The van der Waals surface area contributed by atoms with Crippen molar-refractivity contribution in [2.45, 2.75) is 26.0 Å². The highest BCUT2D eigenvalue weighted by molar-refractivity contribution is 5.84. The number of rotatable bonds is 5. The second-order valence-corrected chi connectivity index (χ2v) is 6.27. The Balaban J connectivity index is 1.73. The number of aromatic amines is 1. The molecule has 0 radical (unpaired) electrons. The molecule has 0 spiro atoms. The van der Waals surface area contributed by atoms with Gasteiger partial charge in [0.15, 0.2) is 0 Å². The summed E-state index contributed by atoms with van der Waals surface area (Å²) in [5.41, 5.74) is 3.38. The molecular formula is C17H24FN3O. The topological polar surface area (TPSA) is 42.5 Å². The van der Waals surface area contributed by atoms with Gasteiger partial charge in [0.05, 0.1) is 6.10 Å². The van der Waals surface area contributed by atoms with Gasteiger partial charge in [-0.1, -0.05) is 6.92 Å². The van der Waals surface area contributed by atoms with Crippen molar-refractivity contribution in [3.63, 3.8) is 0 Å². The van der Waals surface area contributed by atoms with Gasteiger partial charge in [0.25, 0.3) is 0 Å². The molecular weight excluding hydrogens is 281 g/mol. The Morgan fingerprint density at radius 2 is 2.27 bits per heavy atom. The number of aliphatic hydroxyl groups is 1. The summed E-state index contributed by atoms with van der Waals surface area (Å²) in [6, 6.07) is 4.90. The molecule has 0 fully saturated rings. The molecule has 1 atom stereocenters. The average molecular weight is 305 g/mol. The molecule has 0 aliphatic carbocycles. The quantitative estimate of drug-likeness (QED) is 0.887. The molecule has 0 bridgehead atoms. The van der Waals surface area contributed by atoms with Crippen LogP contribution in [0.5, 0.6) is 0 Å². The number of fused-ring (bicyclic) bond motifs is 3. The number of H-pyrrole nitrogens is 1. The molecule has 2 heterocycles. The van der Waals surface area contributed by atoms with Gasteiger partial charge in [0, 0.05) is 49.2 Å². The van der Waals surface area contributed by atoms with E-state index in [4.69, 9.17) is 0 Å². The Labute approximate surface area is 130 Å². The van der Waals surface area contributed by atoms with Gasteiger partial charge in [-0.05, 0) is 37.4 Å². The third kappa shape index (κ3) is 3.16. The number of hydrogen-bond acceptors (Lipinski definition) is 3. The van der Waals surface area contributed by atoms with E-state index in [1.54, 1.807) is 12.1 Å². The molecule has 1 aliphatic rings. The van der Waals surface area contributed by atoms with Crippen LogP contribution >= 0.6 is 0 Å². The Morgan fingerprint density at radius 1 is 1.45 bits per heavy atom. The first-order chi connectivity index (χ1) is 10.6. The zero-order valence-corrected chi connectivity index (χ0v) is 13.3. The highest BCUT2D eigenvalue weighted by Gasteiger charge is 2.22. The summed E-state index contributed by atoms with van der Waals surface area (Å²) >= 11 is 0. The van der Waals surface area contributed by atoms with Gasteiger partial charge in [-0.25, -0.2) is 4.39 Å². The first kappa shape index (κ1) is 15.5. The lowest BCUT2D eigenvalue weighted by molar-refractivity contribution is 0.0783. The van der Waals surface area contributed by atoms with Crippen LogP contribution in [-0.4, -0.2) is 59.2 Å². The molecule has 3 rings (SSSR count). The van der Waals surface area contributed by atoms with Gasteiger partial charge in [-0.15, -0.1) is 0 Å². The van der Waals surface area contributed by atoms with Crippen molar-refractivity contribution < 1.29 is 9.50 Å². The molecule has 0 saturated carbocycles. The van der Waals surface area contributed by atoms with Gasteiger partial charge in [-0.3, -0.25) is 4.90 Å². The molecule has 0 saturated heterocycles. The van der Waals surface area contributed by atoms with Crippen molar-refractivity contribution in [1.82, 2.24) is 14.8 Å². The van der Waals surface area contributed by atoms with Crippen LogP contribution in [0.3, 0.4) is 0 Å². The van der Waals surface area contributed by atoms with Crippen LogP contribution in [0.25, 0.3) is 10.9 Å². The second kappa shape index (κ2) is 6.36. The van der Waals surface area contributed by atoms with Crippen molar-refractivity contribution in [1.29, 1.82) is 0 Å². The van der Waals surface area contributed by atoms with Crippen LogP contribution in [0.15, 0.2) is 18.2 Å². The summed E-state index contributed by atoms with van der Waals surface area (Å²) in [7, 11) is 2.01. The Morgan fingerprint density at radius 3 is 3.05 bits per heavy atom. The number of benzene rings is 1. The number of hydrogen-bond donors (Lipinski definition) is 2. The lowest BCUT2D eigenvalue weighted by Gasteiger charge is -2.30. The second-order valence-electron chi connectivity index (χ2n) is 6.27. The normalized spacial score (nSPS) is 17.1. The predicted molar refractivity (Wildman–Crippen MR) is 86.4 cm³/mol. The van der Waals surface area contributed by atoms with E-state index < -0.39 is 0 Å². The van der Waals surface area contributed by atoms with Crippen LogP contribution in [0.1, 0.15) is 18.2 Å². The molecule has 5 heteroatoms. The first-order valence-corrected chi connectivity index (χ1v) is 7.94. The summed E-state index contributed by atoms with van der Waals surface area (Å²) in [4.78, 5) is 7.77.